The lowest BCUT2D eigenvalue weighted by Crippen LogP contribution is -2.21. The van der Waals surface area contributed by atoms with Crippen LogP contribution in [0.15, 0.2) is 27.7 Å². The van der Waals surface area contributed by atoms with Gasteiger partial charge in [0.25, 0.3) is 5.56 Å². The molecule has 0 radical (unpaired) electrons. The van der Waals surface area contributed by atoms with E-state index < -0.39 is 5.97 Å². The van der Waals surface area contributed by atoms with Crippen molar-refractivity contribution in [3.8, 4) is 0 Å². The van der Waals surface area contributed by atoms with Crippen LogP contribution in [0.4, 0.5) is 0 Å². The molecule has 108 valence electrons. The number of hydrogen-bond acceptors (Lipinski definition) is 7. The lowest BCUT2D eigenvalue weighted by molar-refractivity contribution is 0.0563. The van der Waals surface area contributed by atoms with E-state index >= 15 is 0 Å². The topological polar surface area (TPSA) is 105 Å². The van der Waals surface area contributed by atoms with E-state index in [1.54, 1.807) is 13.1 Å². The van der Waals surface area contributed by atoms with Gasteiger partial charge in [0.1, 0.15) is 12.1 Å². The fourth-order valence-corrected chi connectivity index (χ4v) is 1.90. The SMILES string of the molecule is COC(=O)c1ccc(Cn2cnc3c(nnn3C)c2=O)o1. The van der Waals surface area contributed by atoms with Crippen LogP contribution in [0.1, 0.15) is 16.3 Å². The Hall–Kier alpha value is -2.97. The largest absolute Gasteiger partial charge is 0.463 e. The van der Waals surface area contributed by atoms with Gasteiger partial charge in [0.2, 0.25) is 5.76 Å². The standard InChI is InChI=1S/C12H11N5O4/c1-16-10-9(14-15-16)11(18)17(6-13-10)5-7-3-4-8(21-7)12(19)20-2/h3-4,6H,5H2,1-2H3. The summed E-state index contributed by atoms with van der Waals surface area (Å²) in [6.07, 6.45) is 1.38. The summed E-state index contributed by atoms with van der Waals surface area (Å²) in [5.41, 5.74) is 0.259. The Bertz CT molecular complexity index is 875. The Balaban J connectivity index is 1.95. The maximum atomic E-state index is 12.2. The van der Waals surface area contributed by atoms with Gasteiger partial charge in [0.15, 0.2) is 11.2 Å². The van der Waals surface area contributed by atoms with E-state index in [4.69, 9.17) is 4.42 Å². The molecule has 0 saturated carbocycles. The third kappa shape index (κ3) is 2.18. The number of esters is 1. The molecule has 0 aliphatic carbocycles. The summed E-state index contributed by atoms with van der Waals surface area (Å²) in [7, 11) is 2.92. The number of fused-ring (bicyclic) bond motifs is 1. The highest BCUT2D eigenvalue weighted by molar-refractivity contribution is 5.86. The van der Waals surface area contributed by atoms with E-state index in [9.17, 15) is 9.59 Å². The minimum atomic E-state index is -0.573. The van der Waals surface area contributed by atoms with Gasteiger partial charge in [-0.15, -0.1) is 5.10 Å². The van der Waals surface area contributed by atoms with Crippen LogP contribution < -0.4 is 5.56 Å². The number of hydrogen-bond donors (Lipinski definition) is 0. The highest BCUT2D eigenvalue weighted by Crippen LogP contribution is 2.10. The van der Waals surface area contributed by atoms with E-state index in [-0.39, 0.29) is 23.4 Å². The summed E-state index contributed by atoms with van der Waals surface area (Å²) in [6.45, 7) is 0.134. The molecule has 0 N–H and O–H groups in total. The number of carbonyl (C=O) groups excluding carboxylic acids is 1. The summed E-state index contributed by atoms with van der Waals surface area (Å²) in [5, 5.41) is 7.53. The minimum Gasteiger partial charge on any atom is -0.463 e. The monoisotopic (exact) mass is 289 g/mol. The molecule has 0 unspecified atom stereocenters. The van der Waals surface area contributed by atoms with Crippen molar-refractivity contribution in [3.63, 3.8) is 0 Å². The fourth-order valence-electron chi connectivity index (χ4n) is 1.90. The molecule has 0 amide bonds. The molecule has 0 aliphatic heterocycles. The number of aryl methyl sites for hydroxylation is 1. The summed E-state index contributed by atoms with van der Waals surface area (Å²) in [6, 6.07) is 3.08. The second-order valence-electron chi connectivity index (χ2n) is 4.32. The van der Waals surface area contributed by atoms with E-state index in [1.807, 2.05) is 0 Å². The van der Waals surface area contributed by atoms with Gasteiger partial charge in [-0.2, -0.15) is 0 Å². The molecule has 0 spiro atoms. The molecule has 3 rings (SSSR count). The Morgan fingerprint density at radius 3 is 3.00 bits per heavy atom. The predicted molar refractivity (Wildman–Crippen MR) is 69.7 cm³/mol. The number of methoxy groups -OCH3 is 1. The number of furan rings is 1. The number of aromatic nitrogens is 5. The Kier molecular flexibility index (Phi) is 3.01. The highest BCUT2D eigenvalue weighted by atomic mass is 16.5. The molecule has 9 nitrogen and oxygen atoms in total. The van der Waals surface area contributed by atoms with Crippen molar-refractivity contribution in [1.29, 1.82) is 0 Å². The first-order chi connectivity index (χ1) is 10.1. The molecule has 3 heterocycles. The minimum absolute atomic E-state index is 0.0779. The van der Waals surface area contributed by atoms with Crippen molar-refractivity contribution in [2.45, 2.75) is 6.54 Å². The van der Waals surface area contributed by atoms with Crippen molar-refractivity contribution < 1.29 is 13.9 Å². The van der Waals surface area contributed by atoms with E-state index in [0.29, 0.717) is 11.4 Å². The van der Waals surface area contributed by atoms with Gasteiger partial charge in [0.05, 0.1) is 13.7 Å². The molecular formula is C12H11N5O4. The average Bonchev–Trinajstić information content (AvgIpc) is 3.09. The number of ether oxygens (including phenoxy) is 1. The van der Waals surface area contributed by atoms with Crippen LogP contribution in [0, 0.1) is 0 Å². The Labute approximate surface area is 117 Å². The summed E-state index contributed by atoms with van der Waals surface area (Å²) < 4.78 is 12.6. The molecule has 21 heavy (non-hydrogen) atoms. The molecule has 0 saturated heterocycles. The van der Waals surface area contributed by atoms with E-state index in [1.165, 1.54) is 28.8 Å². The van der Waals surface area contributed by atoms with Gasteiger partial charge >= 0.3 is 5.97 Å². The number of nitrogens with zero attached hydrogens (tertiary/aromatic N) is 5. The third-order valence-corrected chi connectivity index (χ3v) is 2.95. The van der Waals surface area contributed by atoms with Gasteiger partial charge in [-0.3, -0.25) is 9.36 Å². The summed E-state index contributed by atoms with van der Waals surface area (Å²) in [4.78, 5) is 27.6. The zero-order chi connectivity index (χ0) is 15.0. The first-order valence-corrected chi connectivity index (χ1v) is 6.02. The zero-order valence-corrected chi connectivity index (χ0v) is 11.3. The first kappa shape index (κ1) is 13.0. The number of rotatable bonds is 3. The number of carbonyl (C=O) groups is 1. The van der Waals surface area contributed by atoms with Crippen molar-refractivity contribution >= 4 is 17.1 Å². The van der Waals surface area contributed by atoms with E-state index in [2.05, 4.69) is 20.0 Å². The fraction of sp³-hybridized carbons (Fsp3) is 0.250. The molecular weight excluding hydrogens is 278 g/mol. The Morgan fingerprint density at radius 2 is 2.24 bits per heavy atom. The third-order valence-electron chi connectivity index (χ3n) is 2.95. The van der Waals surface area contributed by atoms with Crippen LogP contribution in [0.25, 0.3) is 11.2 Å². The van der Waals surface area contributed by atoms with Gasteiger partial charge in [-0.1, -0.05) is 5.21 Å². The van der Waals surface area contributed by atoms with Crippen LogP contribution in [-0.2, 0) is 18.3 Å². The second kappa shape index (κ2) is 4.85. The van der Waals surface area contributed by atoms with Gasteiger partial charge in [0, 0.05) is 7.05 Å². The van der Waals surface area contributed by atoms with Gasteiger partial charge < -0.3 is 9.15 Å². The molecule has 0 aromatic carbocycles. The van der Waals surface area contributed by atoms with Crippen molar-refractivity contribution in [3.05, 3.63) is 40.3 Å². The van der Waals surface area contributed by atoms with Crippen LogP contribution in [0.2, 0.25) is 0 Å². The second-order valence-corrected chi connectivity index (χ2v) is 4.32. The molecule has 0 atom stereocenters. The predicted octanol–water partition coefficient (Wildman–Crippen LogP) is -0.0471. The lowest BCUT2D eigenvalue weighted by Gasteiger charge is -2.02. The maximum Gasteiger partial charge on any atom is 0.373 e. The Morgan fingerprint density at radius 1 is 1.43 bits per heavy atom. The van der Waals surface area contributed by atoms with Gasteiger partial charge in [-0.05, 0) is 12.1 Å². The van der Waals surface area contributed by atoms with Crippen LogP contribution in [-0.4, -0.2) is 37.6 Å². The molecule has 0 aliphatic rings. The summed E-state index contributed by atoms with van der Waals surface area (Å²) >= 11 is 0. The molecule has 9 heteroatoms. The van der Waals surface area contributed by atoms with Crippen LogP contribution in [0.3, 0.4) is 0 Å². The maximum absolute atomic E-state index is 12.2. The zero-order valence-electron chi connectivity index (χ0n) is 11.3. The van der Waals surface area contributed by atoms with Crippen LogP contribution >= 0.6 is 0 Å². The highest BCUT2D eigenvalue weighted by Gasteiger charge is 2.14. The van der Waals surface area contributed by atoms with Crippen molar-refractivity contribution in [2.24, 2.45) is 7.05 Å². The molecule has 0 bridgehead atoms. The van der Waals surface area contributed by atoms with Crippen molar-refractivity contribution in [1.82, 2.24) is 24.5 Å². The van der Waals surface area contributed by atoms with E-state index in [0.717, 1.165) is 0 Å². The quantitative estimate of drug-likeness (QED) is 0.622. The van der Waals surface area contributed by atoms with Gasteiger partial charge in [-0.25, -0.2) is 14.5 Å². The summed E-state index contributed by atoms with van der Waals surface area (Å²) in [5.74, 6) is -0.0623. The molecule has 3 aromatic heterocycles. The normalized spacial score (nSPS) is 11.0. The lowest BCUT2D eigenvalue weighted by atomic mass is 10.4. The van der Waals surface area contributed by atoms with Crippen LogP contribution in [0.5, 0.6) is 0 Å². The molecule has 0 fully saturated rings. The average molecular weight is 289 g/mol. The molecule has 3 aromatic rings. The smallest absolute Gasteiger partial charge is 0.373 e. The van der Waals surface area contributed by atoms with Crippen molar-refractivity contribution in [2.75, 3.05) is 7.11 Å². The first-order valence-electron chi connectivity index (χ1n) is 6.02.